The molecule has 164 valence electrons. The molecule has 1 saturated heterocycles. The Morgan fingerprint density at radius 1 is 1.03 bits per heavy atom. The van der Waals surface area contributed by atoms with E-state index in [0.29, 0.717) is 16.3 Å². The molecule has 2 aromatic rings. The predicted molar refractivity (Wildman–Crippen MR) is 121 cm³/mol. The van der Waals surface area contributed by atoms with Crippen LogP contribution in [0.2, 0.25) is 5.02 Å². The molecular weight excluding hydrogens is 426 g/mol. The highest BCUT2D eigenvalue weighted by molar-refractivity contribution is 6.30. The van der Waals surface area contributed by atoms with Gasteiger partial charge in [0.1, 0.15) is 6.04 Å². The first-order chi connectivity index (χ1) is 15.5. The number of nitriles is 1. The van der Waals surface area contributed by atoms with Crippen LogP contribution in [-0.2, 0) is 20.8 Å². The SMILES string of the molecule is N#Cc1ccc(N2C(=O)CC(N(C(=O)Cc3ccc(Cl)cc3)C3CCCCC3)C2=O)cc1. The van der Waals surface area contributed by atoms with Gasteiger partial charge in [-0.1, -0.05) is 43.0 Å². The molecule has 4 rings (SSSR count). The number of anilines is 1. The van der Waals surface area contributed by atoms with E-state index in [-0.39, 0.29) is 36.6 Å². The molecule has 0 bridgehead atoms. The van der Waals surface area contributed by atoms with Gasteiger partial charge in [-0.05, 0) is 54.8 Å². The third kappa shape index (κ3) is 4.53. The fraction of sp³-hybridized carbons (Fsp3) is 0.360. The summed E-state index contributed by atoms with van der Waals surface area (Å²) in [5, 5.41) is 9.60. The lowest BCUT2D eigenvalue weighted by Gasteiger charge is -2.37. The first kappa shape index (κ1) is 22.0. The maximum absolute atomic E-state index is 13.4. The number of amides is 3. The van der Waals surface area contributed by atoms with E-state index in [4.69, 9.17) is 16.9 Å². The molecule has 1 atom stereocenters. The van der Waals surface area contributed by atoms with Crippen LogP contribution in [0.25, 0.3) is 0 Å². The van der Waals surface area contributed by atoms with E-state index in [9.17, 15) is 14.4 Å². The smallest absolute Gasteiger partial charge is 0.257 e. The standard InChI is InChI=1S/C25H24ClN3O3/c26-19-10-6-17(7-11-19)14-23(30)28(20-4-2-1-3-5-20)22-15-24(31)29(25(22)32)21-12-8-18(16-27)9-13-21/h6-13,20,22H,1-5,14-15H2. The predicted octanol–water partition coefficient (Wildman–Crippen LogP) is 4.25. The highest BCUT2D eigenvalue weighted by Gasteiger charge is 2.46. The van der Waals surface area contributed by atoms with Crippen LogP contribution in [0.5, 0.6) is 0 Å². The van der Waals surface area contributed by atoms with Crippen LogP contribution < -0.4 is 4.90 Å². The van der Waals surface area contributed by atoms with Crippen molar-refractivity contribution in [2.45, 2.75) is 57.0 Å². The molecule has 7 heteroatoms. The van der Waals surface area contributed by atoms with Gasteiger partial charge in [0, 0.05) is 11.1 Å². The summed E-state index contributed by atoms with van der Waals surface area (Å²) in [7, 11) is 0. The summed E-state index contributed by atoms with van der Waals surface area (Å²) in [6.07, 6.45) is 4.92. The molecule has 1 heterocycles. The number of nitrogens with zero attached hydrogens (tertiary/aromatic N) is 3. The van der Waals surface area contributed by atoms with E-state index < -0.39 is 6.04 Å². The molecule has 1 saturated carbocycles. The number of rotatable bonds is 5. The number of halogens is 1. The van der Waals surface area contributed by atoms with Crippen LogP contribution in [-0.4, -0.2) is 34.7 Å². The number of benzene rings is 2. The van der Waals surface area contributed by atoms with Crippen molar-refractivity contribution in [3.63, 3.8) is 0 Å². The molecule has 32 heavy (non-hydrogen) atoms. The zero-order chi connectivity index (χ0) is 22.7. The Morgan fingerprint density at radius 2 is 1.69 bits per heavy atom. The van der Waals surface area contributed by atoms with E-state index in [0.717, 1.165) is 42.6 Å². The molecule has 0 spiro atoms. The lowest BCUT2D eigenvalue weighted by atomic mass is 9.92. The van der Waals surface area contributed by atoms with Crippen molar-refractivity contribution < 1.29 is 14.4 Å². The number of hydrogen-bond donors (Lipinski definition) is 0. The number of carbonyl (C=O) groups excluding carboxylic acids is 3. The van der Waals surface area contributed by atoms with E-state index in [1.807, 2.05) is 18.2 Å². The van der Waals surface area contributed by atoms with Crippen molar-refractivity contribution in [1.29, 1.82) is 5.26 Å². The molecule has 0 N–H and O–H groups in total. The molecule has 2 aliphatic rings. The van der Waals surface area contributed by atoms with Crippen molar-refractivity contribution in [3.05, 3.63) is 64.7 Å². The Balaban J connectivity index is 1.60. The Bertz CT molecular complexity index is 1050. The highest BCUT2D eigenvalue weighted by atomic mass is 35.5. The van der Waals surface area contributed by atoms with Crippen LogP contribution in [0.15, 0.2) is 48.5 Å². The van der Waals surface area contributed by atoms with Gasteiger partial charge in [-0.3, -0.25) is 14.4 Å². The summed E-state index contributed by atoms with van der Waals surface area (Å²) in [6.45, 7) is 0. The monoisotopic (exact) mass is 449 g/mol. The molecule has 6 nitrogen and oxygen atoms in total. The van der Waals surface area contributed by atoms with Gasteiger partial charge in [0.2, 0.25) is 11.8 Å². The van der Waals surface area contributed by atoms with E-state index in [1.165, 1.54) is 0 Å². The second-order valence-corrected chi connectivity index (χ2v) is 8.78. The molecule has 1 aliphatic heterocycles. The van der Waals surface area contributed by atoms with Gasteiger partial charge in [0.05, 0.1) is 30.2 Å². The number of carbonyl (C=O) groups is 3. The zero-order valence-electron chi connectivity index (χ0n) is 17.7. The highest BCUT2D eigenvalue weighted by Crippen LogP contribution is 2.31. The van der Waals surface area contributed by atoms with E-state index in [2.05, 4.69) is 0 Å². The van der Waals surface area contributed by atoms with Crippen LogP contribution in [0.1, 0.15) is 49.7 Å². The van der Waals surface area contributed by atoms with Crippen molar-refractivity contribution in [3.8, 4) is 6.07 Å². The average molecular weight is 450 g/mol. The quantitative estimate of drug-likeness (QED) is 0.639. The van der Waals surface area contributed by atoms with Crippen molar-refractivity contribution in [1.82, 2.24) is 4.90 Å². The van der Waals surface area contributed by atoms with Crippen molar-refractivity contribution in [2.24, 2.45) is 0 Å². The van der Waals surface area contributed by atoms with Crippen LogP contribution in [0, 0.1) is 11.3 Å². The van der Waals surface area contributed by atoms with Crippen molar-refractivity contribution >= 4 is 35.0 Å². The molecule has 0 aromatic heterocycles. The second kappa shape index (κ2) is 9.54. The minimum Gasteiger partial charge on any atom is -0.327 e. The minimum absolute atomic E-state index is 0.0261. The maximum atomic E-state index is 13.4. The first-order valence-electron chi connectivity index (χ1n) is 10.9. The van der Waals surface area contributed by atoms with Crippen LogP contribution >= 0.6 is 11.6 Å². The number of hydrogen-bond acceptors (Lipinski definition) is 4. The Morgan fingerprint density at radius 3 is 2.31 bits per heavy atom. The summed E-state index contributed by atoms with van der Waals surface area (Å²) < 4.78 is 0. The summed E-state index contributed by atoms with van der Waals surface area (Å²) in [5.74, 6) is -0.855. The van der Waals surface area contributed by atoms with Gasteiger partial charge in [-0.2, -0.15) is 5.26 Å². The fourth-order valence-corrected chi connectivity index (χ4v) is 4.77. The maximum Gasteiger partial charge on any atom is 0.257 e. The van der Waals surface area contributed by atoms with Gasteiger partial charge < -0.3 is 4.90 Å². The van der Waals surface area contributed by atoms with Crippen molar-refractivity contribution in [2.75, 3.05) is 4.90 Å². The van der Waals surface area contributed by atoms with Gasteiger partial charge in [0.25, 0.3) is 5.91 Å². The van der Waals surface area contributed by atoms with Crippen LogP contribution in [0.4, 0.5) is 5.69 Å². The minimum atomic E-state index is -0.805. The zero-order valence-corrected chi connectivity index (χ0v) is 18.4. The number of imide groups is 1. The Kier molecular flexibility index (Phi) is 6.57. The van der Waals surface area contributed by atoms with Crippen LogP contribution in [0.3, 0.4) is 0 Å². The summed E-state index contributed by atoms with van der Waals surface area (Å²) in [4.78, 5) is 42.5. The largest absolute Gasteiger partial charge is 0.327 e. The molecule has 3 amide bonds. The summed E-state index contributed by atoms with van der Waals surface area (Å²) in [6, 6.07) is 14.6. The van der Waals surface area contributed by atoms with Gasteiger partial charge in [-0.15, -0.1) is 0 Å². The topological polar surface area (TPSA) is 81.5 Å². The molecule has 0 radical (unpaired) electrons. The third-order valence-corrected chi connectivity index (χ3v) is 6.49. The Labute approximate surface area is 192 Å². The molecule has 1 unspecified atom stereocenters. The summed E-state index contributed by atoms with van der Waals surface area (Å²) >= 11 is 5.96. The first-order valence-corrected chi connectivity index (χ1v) is 11.3. The molecule has 2 aromatic carbocycles. The molecule has 2 fully saturated rings. The van der Waals surface area contributed by atoms with Gasteiger partial charge >= 0.3 is 0 Å². The lowest BCUT2D eigenvalue weighted by molar-refractivity contribution is -0.141. The average Bonchev–Trinajstić information content (AvgIpc) is 3.10. The van der Waals surface area contributed by atoms with Gasteiger partial charge in [-0.25, -0.2) is 4.90 Å². The fourth-order valence-electron chi connectivity index (χ4n) is 4.65. The second-order valence-electron chi connectivity index (χ2n) is 8.34. The Hall–Kier alpha value is -3.17. The van der Waals surface area contributed by atoms with E-state index in [1.54, 1.807) is 41.3 Å². The molecular formula is C25H24ClN3O3. The lowest BCUT2D eigenvalue weighted by Crippen LogP contribution is -2.51. The molecule has 1 aliphatic carbocycles. The summed E-state index contributed by atoms with van der Waals surface area (Å²) in [5.41, 5.74) is 1.70. The van der Waals surface area contributed by atoms with Gasteiger partial charge in [0.15, 0.2) is 0 Å². The van der Waals surface area contributed by atoms with E-state index >= 15 is 0 Å². The normalized spacial score (nSPS) is 19.1. The third-order valence-electron chi connectivity index (χ3n) is 6.24.